The highest BCUT2D eigenvalue weighted by molar-refractivity contribution is 5.94. The van der Waals surface area contributed by atoms with Crippen molar-refractivity contribution in [3.8, 4) is 0 Å². The molecule has 0 aliphatic carbocycles. The molecule has 2 N–H and O–H groups in total. The Bertz CT molecular complexity index is 462. The topological polar surface area (TPSA) is 66.4 Å². The van der Waals surface area contributed by atoms with Gasteiger partial charge in [-0.2, -0.15) is 0 Å². The number of aliphatic carboxylic acids is 1. The molecule has 2 unspecified atom stereocenters. The summed E-state index contributed by atoms with van der Waals surface area (Å²) in [5, 5.41) is 11.9. The van der Waals surface area contributed by atoms with E-state index in [9.17, 15) is 9.59 Å². The predicted molar refractivity (Wildman–Crippen MR) is 67.8 cm³/mol. The van der Waals surface area contributed by atoms with E-state index in [0.29, 0.717) is 24.4 Å². The van der Waals surface area contributed by atoms with E-state index in [1.165, 1.54) is 0 Å². The monoisotopic (exact) mass is 247 g/mol. The molecule has 1 saturated heterocycles. The van der Waals surface area contributed by atoms with Gasteiger partial charge in [-0.05, 0) is 37.3 Å². The maximum Gasteiger partial charge on any atom is 0.320 e. The quantitative estimate of drug-likeness (QED) is 0.799. The fraction of sp³-hybridized carbons (Fsp3) is 0.429. The summed E-state index contributed by atoms with van der Waals surface area (Å²) in [5.74, 6) is -0.435. The van der Waals surface area contributed by atoms with Gasteiger partial charge in [0.15, 0.2) is 5.78 Å². The number of hydrogen-bond donors (Lipinski definition) is 2. The lowest BCUT2D eigenvalue weighted by atomic mass is 9.88. The molecule has 4 heteroatoms. The fourth-order valence-electron chi connectivity index (χ4n) is 2.36. The summed E-state index contributed by atoms with van der Waals surface area (Å²) in [7, 11) is 0. The number of carbonyl (C=O) groups excluding carboxylic acids is 1. The maximum absolute atomic E-state index is 11.3. The van der Waals surface area contributed by atoms with E-state index in [-0.39, 0.29) is 5.78 Å². The first-order valence-electron chi connectivity index (χ1n) is 6.15. The zero-order chi connectivity index (χ0) is 13.1. The second-order valence-corrected chi connectivity index (χ2v) is 4.75. The number of carbonyl (C=O) groups is 2. The molecule has 0 aromatic heterocycles. The molecule has 4 nitrogen and oxygen atoms in total. The molecule has 0 amide bonds. The van der Waals surface area contributed by atoms with Crippen LogP contribution in [0.15, 0.2) is 24.3 Å². The normalized spacial score (nSPS) is 23.6. The van der Waals surface area contributed by atoms with E-state index < -0.39 is 12.0 Å². The molecule has 1 heterocycles. The fourth-order valence-corrected chi connectivity index (χ4v) is 2.36. The van der Waals surface area contributed by atoms with Crippen LogP contribution in [-0.2, 0) is 4.79 Å². The van der Waals surface area contributed by atoms with Crippen molar-refractivity contribution in [1.29, 1.82) is 0 Å². The summed E-state index contributed by atoms with van der Waals surface area (Å²) < 4.78 is 0. The number of ketones is 1. The first-order chi connectivity index (χ1) is 8.58. The Hall–Kier alpha value is -1.68. The van der Waals surface area contributed by atoms with Crippen LogP contribution in [0, 0.1) is 0 Å². The lowest BCUT2D eigenvalue weighted by molar-refractivity contribution is -0.140. The number of piperidine rings is 1. The standard InChI is InChI=1S/C14H17NO3/c1-9(16)10-3-2-4-11(7-10)12-5-6-13(14(17)18)15-8-12/h2-4,7,12-13,15H,5-6,8H2,1H3,(H,17,18). The van der Waals surface area contributed by atoms with Crippen molar-refractivity contribution in [2.45, 2.75) is 31.7 Å². The van der Waals surface area contributed by atoms with E-state index in [1.54, 1.807) is 6.92 Å². The van der Waals surface area contributed by atoms with Crippen molar-refractivity contribution in [3.63, 3.8) is 0 Å². The van der Waals surface area contributed by atoms with Crippen molar-refractivity contribution < 1.29 is 14.7 Å². The SMILES string of the molecule is CC(=O)c1cccc(C2CCC(C(=O)O)NC2)c1. The number of hydrogen-bond acceptors (Lipinski definition) is 3. The lowest BCUT2D eigenvalue weighted by Crippen LogP contribution is -2.43. The minimum absolute atomic E-state index is 0.0593. The number of carboxylic acids is 1. The second-order valence-electron chi connectivity index (χ2n) is 4.75. The third-order valence-electron chi connectivity index (χ3n) is 3.48. The lowest BCUT2D eigenvalue weighted by Gasteiger charge is -2.27. The van der Waals surface area contributed by atoms with Gasteiger partial charge in [0.05, 0.1) is 0 Å². The average molecular weight is 247 g/mol. The summed E-state index contributed by atoms with van der Waals surface area (Å²) in [5.41, 5.74) is 1.83. The number of benzene rings is 1. The maximum atomic E-state index is 11.3. The molecule has 18 heavy (non-hydrogen) atoms. The van der Waals surface area contributed by atoms with Gasteiger partial charge in [0.2, 0.25) is 0 Å². The van der Waals surface area contributed by atoms with Gasteiger partial charge in [-0.15, -0.1) is 0 Å². The van der Waals surface area contributed by atoms with Gasteiger partial charge in [-0.1, -0.05) is 18.2 Å². The molecular formula is C14H17NO3. The van der Waals surface area contributed by atoms with Crippen molar-refractivity contribution in [1.82, 2.24) is 5.32 Å². The Balaban J connectivity index is 2.07. The summed E-state index contributed by atoms with van der Waals surface area (Å²) in [6.07, 6.45) is 1.47. The van der Waals surface area contributed by atoms with Crippen molar-refractivity contribution in [2.24, 2.45) is 0 Å². The molecule has 96 valence electrons. The molecule has 1 aromatic rings. The zero-order valence-corrected chi connectivity index (χ0v) is 10.3. The van der Waals surface area contributed by atoms with E-state index >= 15 is 0 Å². The second kappa shape index (κ2) is 5.31. The molecule has 0 spiro atoms. The molecule has 0 saturated carbocycles. The van der Waals surface area contributed by atoms with Crippen molar-refractivity contribution in [2.75, 3.05) is 6.54 Å². The molecule has 1 aromatic carbocycles. The van der Waals surface area contributed by atoms with Crippen LogP contribution in [0.1, 0.15) is 41.6 Å². The summed E-state index contributed by atoms with van der Waals surface area (Å²) in [6, 6.07) is 7.17. The van der Waals surface area contributed by atoms with E-state index in [0.717, 1.165) is 12.0 Å². The molecule has 0 bridgehead atoms. The first-order valence-corrected chi connectivity index (χ1v) is 6.15. The Labute approximate surface area is 106 Å². The summed E-state index contributed by atoms with van der Waals surface area (Å²) >= 11 is 0. The number of Topliss-reactive ketones (excluding diaryl/α,β-unsaturated/α-hetero) is 1. The Morgan fingerprint density at radius 2 is 2.11 bits per heavy atom. The Morgan fingerprint density at radius 3 is 2.67 bits per heavy atom. The van der Waals surface area contributed by atoms with Crippen LogP contribution in [0.5, 0.6) is 0 Å². The number of rotatable bonds is 3. The van der Waals surface area contributed by atoms with Crippen LogP contribution < -0.4 is 5.32 Å². The van der Waals surface area contributed by atoms with Crippen molar-refractivity contribution >= 4 is 11.8 Å². The molecule has 2 rings (SSSR count). The van der Waals surface area contributed by atoms with Crippen molar-refractivity contribution in [3.05, 3.63) is 35.4 Å². The molecule has 1 aliphatic heterocycles. The third kappa shape index (κ3) is 2.76. The van der Waals surface area contributed by atoms with E-state index in [2.05, 4.69) is 5.32 Å². The molecule has 1 aliphatic rings. The Morgan fingerprint density at radius 1 is 1.33 bits per heavy atom. The van der Waals surface area contributed by atoms with Crippen LogP contribution in [0.3, 0.4) is 0 Å². The van der Waals surface area contributed by atoms with Crippen LogP contribution in [-0.4, -0.2) is 29.4 Å². The molecule has 2 atom stereocenters. The molecule has 1 fully saturated rings. The molecular weight excluding hydrogens is 230 g/mol. The third-order valence-corrected chi connectivity index (χ3v) is 3.48. The van der Waals surface area contributed by atoms with E-state index in [1.807, 2.05) is 24.3 Å². The minimum Gasteiger partial charge on any atom is -0.480 e. The van der Waals surface area contributed by atoms with Crippen LogP contribution in [0.25, 0.3) is 0 Å². The predicted octanol–water partition coefficient (Wildman–Crippen LogP) is 1.81. The smallest absolute Gasteiger partial charge is 0.320 e. The van der Waals surface area contributed by atoms with Gasteiger partial charge in [-0.25, -0.2) is 0 Å². The van der Waals surface area contributed by atoms with E-state index in [4.69, 9.17) is 5.11 Å². The number of carboxylic acid groups (broad SMARTS) is 1. The minimum atomic E-state index is -0.786. The molecule has 0 radical (unpaired) electrons. The first kappa shape index (κ1) is 12.8. The van der Waals surface area contributed by atoms with Gasteiger partial charge in [0.1, 0.15) is 6.04 Å². The van der Waals surface area contributed by atoms with Gasteiger partial charge < -0.3 is 10.4 Å². The van der Waals surface area contributed by atoms with Gasteiger partial charge >= 0.3 is 5.97 Å². The summed E-state index contributed by atoms with van der Waals surface area (Å²) in [4.78, 5) is 22.2. The van der Waals surface area contributed by atoms with Gasteiger partial charge in [0.25, 0.3) is 0 Å². The largest absolute Gasteiger partial charge is 0.480 e. The highest BCUT2D eigenvalue weighted by Crippen LogP contribution is 2.26. The van der Waals surface area contributed by atoms with Gasteiger partial charge in [0, 0.05) is 12.1 Å². The Kier molecular flexibility index (Phi) is 3.77. The summed E-state index contributed by atoms with van der Waals surface area (Å²) in [6.45, 7) is 2.21. The van der Waals surface area contributed by atoms with Crippen LogP contribution in [0.2, 0.25) is 0 Å². The highest BCUT2D eigenvalue weighted by Gasteiger charge is 2.26. The zero-order valence-electron chi connectivity index (χ0n) is 10.3. The average Bonchev–Trinajstić information content (AvgIpc) is 2.39. The van der Waals surface area contributed by atoms with Crippen LogP contribution >= 0.6 is 0 Å². The van der Waals surface area contributed by atoms with Crippen LogP contribution in [0.4, 0.5) is 0 Å². The van der Waals surface area contributed by atoms with Gasteiger partial charge in [-0.3, -0.25) is 9.59 Å². The number of nitrogens with one attached hydrogen (secondary N) is 1. The highest BCUT2D eigenvalue weighted by atomic mass is 16.4.